The van der Waals surface area contributed by atoms with Gasteiger partial charge in [0.2, 0.25) is 0 Å². The zero-order chi connectivity index (χ0) is 8.55. The van der Waals surface area contributed by atoms with Gasteiger partial charge in [0.15, 0.2) is 0 Å². The fraction of sp³-hybridized carbons (Fsp3) is 0.273. The highest BCUT2D eigenvalue weighted by molar-refractivity contribution is 5.66. The molecule has 0 unspecified atom stereocenters. The lowest BCUT2D eigenvalue weighted by Crippen LogP contribution is -2.21. The summed E-state index contributed by atoms with van der Waals surface area (Å²) in [5.74, 6) is 0. The monoisotopic (exact) mass is 159 g/mol. The zero-order valence-corrected chi connectivity index (χ0v) is 7.35. The van der Waals surface area contributed by atoms with Gasteiger partial charge in [-0.2, -0.15) is 0 Å². The molecule has 1 aliphatic rings. The first kappa shape index (κ1) is 7.41. The Labute approximate surface area is 73.1 Å². The third-order valence-electron chi connectivity index (χ3n) is 2.32. The van der Waals surface area contributed by atoms with Crippen molar-refractivity contribution in [3.63, 3.8) is 0 Å². The van der Waals surface area contributed by atoms with E-state index in [1.165, 1.54) is 16.7 Å². The third-order valence-corrected chi connectivity index (χ3v) is 2.32. The van der Waals surface area contributed by atoms with E-state index < -0.39 is 0 Å². The van der Waals surface area contributed by atoms with Crippen molar-refractivity contribution in [1.29, 1.82) is 0 Å². The van der Waals surface area contributed by atoms with E-state index in [-0.39, 0.29) is 0 Å². The van der Waals surface area contributed by atoms with Gasteiger partial charge >= 0.3 is 0 Å². The van der Waals surface area contributed by atoms with Gasteiger partial charge < -0.3 is 5.32 Å². The van der Waals surface area contributed by atoms with Gasteiger partial charge in [0.05, 0.1) is 0 Å². The first-order valence-electron chi connectivity index (χ1n) is 4.30. The van der Waals surface area contributed by atoms with Crippen molar-refractivity contribution in [2.24, 2.45) is 0 Å². The van der Waals surface area contributed by atoms with Gasteiger partial charge in [-0.05, 0) is 18.9 Å². The lowest BCUT2D eigenvalue weighted by Gasteiger charge is -2.20. The molecule has 1 aromatic carbocycles. The van der Waals surface area contributed by atoms with Crippen molar-refractivity contribution < 1.29 is 0 Å². The number of benzene rings is 1. The minimum atomic E-state index is 1.02. The van der Waals surface area contributed by atoms with E-state index in [0.717, 1.165) is 18.7 Å². The maximum absolute atomic E-state index is 3.97. The van der Waals surface area contributed by atoms with Crippen molar-refractivity contribution in [2.75, 3.05) is 6.54 Å². The predicted molar refractivity (Wildman–Crippen MR) is 51.9 cm³/mol. The van der Waals surface area contributed by atoms with Gasteiger partial charge in [0, 0.05) is 17.8 Å². The minimum absolute atomic E-state index is 1.02. The number of fused-ring (bicyclic) bond motifs is 1. The third kappa shape index (κ3) is 1.11. The fourth-order valence-electron chi connectivity index (χ4n) is 1.67. The molecule has 1 aromatic rings. The SMILES string of the molecule is C=C1NCCc2cc(C)ccc21. The van der Waals surface area contributed by atoms with Crippen LogP contribution in [0.1, 0.15) is 16.7 Å². The van der Waals surface area contributed by atoms with Gasteiger partial charge in [0.25, 0.3) is 0 Å². The number of nitrogens with one attached hydrogen (secondary N) is 1. The molecule has 12 heavy (non-hydrogen) atoms. The summed E-state index contributed by atoms with van der Waals surface area (Å²) < 4.78 is 0. The Balaban J connectivity index is 2.53. The van der Waals surface area contributed by atoms with Crippen molar-refractivity contribution in [1.82, 2.24) is 5.32 Å². The Morgan fingerprint density at radius 1 is 1.42 bits per heavy atom. The summed E-state index contributed by atoms with van der Waals surface area (Å²) in [5, 5.41) is 3.26. The van der Waals surface area contributed by atoms with Crippen LogP contribution in [0, 0.1) is 6.92 Å². The van der Waals surface area contributed by atoms with E-state index in [9.17, 15) is 0 Å². The van der Waals surface area contributed by atoms with Crippen LogP contribution in [0.4, 0.5) is 0 Å². The molecule has 1 aliphatic heterocycles. The molecule has 2 rings (SSSR count). The molecule has 0 aromatic heterocycles. The topological polar surface area (TPSA) is 12.0 Å². The Morgan fingerprint density at radius 2 is 2.25 bits per heavy atom. The van der Waals surface area contributed by atoms with E-state index in [0.29, 0.717) is 0 Å². The summed E-state index contributed by atoms with van der Waals surface area (Å²) in [6.45, 7) is 7.13. The van der Waals surface area contributed by atoms with Crippen molar-refractivity contribution in [2.45, 2.75) is 13.3 Å². The standard InChI is InChI=1S/C11H13N/c1-8-3-4-11-9(2)12-6-5-10(11)7-8/h3-4,7,12H,2,5-6H2,1H3. The van der Waals surface area contributed by atoms with Crippen LogP contribution in [0.25, 0.3) is 5.70 Å². The van der Waals surface area contributed by atoms with Gasteiger partial charge in [-0.1, -0.05) is 30.3 Å². The second-order valence-electron chi connectivity index (χ2n) is 3.32. The number of aryl methyl sites for hydroxylation is 1. The largest absolute Gasteiger partial charge is 0.385 e. The van der Waals surface area contributed by atoms with Crippen LogP contribution in [0.5, 0.6) is 0 Å². The molecule has 0 atom stereocenters. The molecular formula is C11H13N. The van der Waals surface area contributed by atoms with E-state index in [4.69, 9.17) is 0 Å². The predicted octanol–water partition coefficient (Wildman–Crippen LogP) is 2.11. The number of hydrogen-bond acceptors (Lipinski definition) is 1. The average Bonchev–Trinajstić information content (AvgIpc) is 2.04. The highest BCUT2D eigenvalue weighted by Crippen LogP contribution is 2.21. The number of rotatable bonds is 0. The summed E-state index contributed by atoms with van der Waals surface area (Å²) in [4.78, 5) is 0. The highest BCUT2D eigenvalue weighted by Gasteiger charge is 2.10. The van der Waals surface area contributed by atoms with Crippen molar-refractivity contribution in [3.05, 3.63) is 41.5 Å². The zero-order valence-electron chi connectivity index (χ0n) is 7.35. The first-order chi connectivity index (χ1) is 5.77. The van der Waals surface area contributed by atoms with Gasteiger partial charge in [0.1, 0.15) is 0 Å². The Kier molecular flexibility index (Phi) is 1.65. The van der Waals surface area contributed by atoms with Gasteiger partial charge in [-0.15, -0.1) is 0 Å². The maximum atomic E-state index is 3.97. The van der Waals surface area contributed by atoms with E-state index >= 15 is 0 Å². The van der Waals surface area contributed by atoms with Crippen LogP contribution in [-0.4, -0.2) is 6.54 Å². The first-order valence-corrected chi connectivity index (χ1v) is 4.30. The summed E-state index contributed by atoms with van der Waals surface area (Å²) in [6, 6.07) is 6.54. The molecule has 1 nitrogen and oxygen atoms in total. The molecule has 0 radical (unpaired) electrons. The Morgan fingerprint density at radius 3 is 3.08 bits per heavy atom. The van der Waals surface area contributed by atoms with Crippen LogP contribution in [0.2, 0.25) is 0 Å². The molecule has 0 saturated carbocycles. The van der Waals surface area contributed by atoms with Gasteiger partial charge in [-0.3, -0.25) is 0 Å². The Bertz CT molecular complexity index is 326. The Hall–Kier alpha value is -1.24. The molecule has 0 fully saturated rings. The van der Waals surface area contributed by atoms with Gasteiger partial charge in [-0.25, -0.2) is 0 Å². The minimum Gasteiger partial charge on any atom is -0.385 e. The molecule has 0 aliphatic carbocycles. The smallest absolute Gasteiger partial charge is 0.0343 e. The molecule has 0 spiro atoms. The maximum Gasteiger partial charge on any atom is 0.0343 e. The molecule has 0 bridgehead atoms. The van der Waals surface area contributed by atoms with Crippen molar-refractivity contribution in [3.8, 4) is 0 Å². The van der Waals surface area contributed by atoms with Crippen LogP contribution in [0.15, 0.2) is 24.8 Å². The summed E-state index contributed by atoms with van der Waals surface area (Å²) in [5.41, 5.74) is 5.12. The molecule has 0 amide bonds. The van der Waals surface area contributed by atoms with Crippen molar-refractivity contribution >= 4 is 5.70 Å². The van der Waals surface area contributed by atoms with Crippen LogP contribution < -0.4 is 5.32 Å². The van der Waals surface area contributed by atoms with Crippen LogP contribution in [-0.2, 0) is 6.42 Å². The average molecular weight is 159 g/mol. The molecule has 1 heteroatoms. The quantitative estimate of drug-likeness (QED) is 0.611. The van der Waals surface area contributed by atoms with E-state index in [1.807, 2.05) is 0 Å². The normalized spacial score (nSPS) is 15.2. The van der Waals surface area contributed by atoms with E-state index in [2.05, 4.69) is 37.0 Å². The lowest BCUT2D eigenvalue weighted by molar-refractivity contribution is 0.815. The summed E-state index contributed by atoms with van der Waals surface area (Å²) in [6.07, 6.45) is 1.12. The molecule has 1 heterocycles. The molecule has 0 saturated heterocycles. The van der Waals surface area contributed by atoms with E-state index in [1.54, 1.807) is 0 Å². The second kappa shape index (κ2) is 2.67. The van der Waals surface area contributed by atoms with Crippen LogP contribution >= 0.6 is 0 Å². The highest BCUT2D eigenvalue weighted by atomic mass is 14.9. The molecule has 1 N–H and O–H groups in total. The summed E-state index contributed by atoms with van der Waals surface area (Å²) in [7, 11) is 0. The fourth-order valence-corrected chi connectivity index (χ4v) is 1.67. The summed E-state index contributed by atoms with van der Waals surface area (Å²) >= 11 is 0. The molecule has 62 valence electrons. The number of hydrogen-bond donors (Lipinski definition) is 1. The van der Waals surface area contributed by atoms with Crippen LogP contribution in [0.3, 0.4) is 0 Å². The molecular weight excluding hydrogens is 146 g/mol. The second-order valence-corrected chi connectivity index (χ2v) is 3.32. The lowest BCUT2D eigenvalue weighted by atomic mass is 9.97.